The van der Waals surface area contributed by atoms with Gasteiger partial charge in [-0.15, -0.1) is 12.3 Å². The summed E-state index contributed by atoms with van der Waals surface area (Å²) in [6, 6.07) is 5.14. The van der Waals surface area contributed by atoms with Crippen LogP contribution in [-0.4, -0.2) is 42.3 Å². The van der Waals surface area contributed by atoms with Crippen molar-refractivity contribution in [1.29, 1.82) is 5.26 Å². The number of alkyl halides is 2. The number of nitriles is 1. The first-order valence-corrected chi connectivity index (χ1v) is 9.05. The fourth-order valence-corrected chi connectivity index (χ4v) is 4.37. The first kappa shape index (κ1) is 17.7. The highest BCUT2D eigenvalue weighted by Crippen LogP contribution is 2.43. The topological polar surface area (TPSA) is 42.6 Å². The second-order valence-electron chi connectivity index (χ2n) is 7.40. The lowest BCUT2D eigenvalue weighted by Crippen LogP contribution is -2.52. The molecule has 0 bridgehead atoms. The van der Waals surface area contributed by atoms with Crippen molar-refractivity contribution in [3.63, 3.8) is 0 Å². The van der Waals surface area contributed by atoms with Crippen LogP contribution in [-0.2, 0) is 0 Å². The zero-order chi connectivity index (χ0) is 19.2. The van der Waals surface area contributed by atoms with Crippen molar-refractivity contribution >= 4 is 11.4 Å². The molecule has 140 valence electrons. The van der Waals surface area contributed by atoms with Gasteiger partial charge in [0, 0.05) is 49.2 Å². The van der Waals surface area contributed by atoms with Crippen molar-refractivity contribution in [3.05, 3.63) is 29.6 Å². The number of nitrogens with zero attached hydrogens (tertiary/aromatic N) is 4. The Labute approximate surface area is 156 Å². The molecule has 3 aliphatic rings. The van der Waals surface area contributed by atoms with Crippen molar-refractivity contribution < 1.29 is 13.2 Å². The molecule has 0 saturated carbocycles. The minimum Gasteiger partial charge on any atom is -0.370 e. The zero-order valence-corrected chi connectivity index (χ0v) is 14.7. The van der Waals surface area contributed by atoms with Gasteiger partial charge in [-0.1, -0.05) is 0 Å². The first-order chi connectivity index (χ1) is 12.9. The lowest BCUT2D eigenvalue weighted by molar-refractivity contribution is -0.0821. The van der Waals surface area contributed by atoms with E-state index in [-0.39, 0.29) is 17.9 Å². The maximum atomic E-state index is 14.9. The Balaban J connectivity index is 1.62. The van der Waals surface area contributed by atoms with E-state index < -0.39 is 23.7 Å². The molecule has 3 unspecified atom stereocenters. The number of rotatable bonds is 1. The van der Waals surface area contributed by atoms with Crippen LogP contribution < -0.4 is 4.90 Å². The number of hydrogen-bond acceptors (Lipinski definition) is 4. The van der Waals surface area contributed by atoms with Crippen LogP contribution in [0.3, 0.4) is 0 Å². The largest absolute Gasteiger partial charge is 0.370 e. The highest BCUT2D eigenvalue weighted by atomic mass is 19.3. The zero-order valence-electron chi connectivity index (χ0n) is 14.7. The van der Waals surface area contributed by atoms with Gasteiger partial charge in [0.1, 0.15) is 17.9 Å². The Morgan fingerprint density at radius 2 is 2.11 bits per heavy atom. The molecule has 2 saturated heterocycles. The summed E-state index contributed by atoms with van der Waals surface area (Å²) in [6.45, 7) is 1.31. The maximum absolute atomic E-state index is 14.9. The number of fused-ring (bicyclic) bond motifs is 3. The predicted molar refractivity (Wildman–Crippen MR) is 95.9 cm³/mol. The van der Waals surface area contributed by atoms with Crippen molar-refractivity contribution in [2.45, 2.75) is 31.2 Å². The fourth-order valence-electron chi connectivity index (χ4n) is 4.37. The fraction of sp³-hybridized carbons (Fsp3) is 0.500. The molecule has 1 aromatic carbocycles. The summed E-state index contributed by atoms with van der Waals surface area (Å²) in [5.41, 5.74) is 1.41. The molecule has 0 aliphatic carbocycles. The van der Waals surface area contributed by atoms with Gasteiger partial charge in [0.2, 0.25) is 0 Å². The van der Waals surface area contributed by atoms with Gasteiger partial charge in [-0.2, -0.15) is 10.4 Å². The van der Waals surface area contributed by atoms with Crippen LogP contribution in [0, 0.1) is 41.3 Å². The highest BCUT2D eigenvalue weighted by Gasteiger charge is 2.55. The summed E-state index contributed by atoms with van der Waals surface area (Å²) in [7, 11) is 0. The van der Waals surface area contributed by atoms with Crippen LogP contribution in [0.1, 0.15) is 24.8 Å². The summed E-state index contributed by atoms with van der Waals surface area (Å²) in [6.07, 6.45) is 6.11. The molecule has 0 radical (unpaired) electrons. The van der Waals surface area contributed by atoms with Crippen molar-refractivity contribution in [2.24, 2.45) is 16.9 Å². The predicted octanol–water partition coefficient (Wildman–Crippen LogP) is 3.24. The second kappa shape index (κ2) is 6.49. The quantitative estimate of drug-likeness (QED) is 0.711. The number of halogens is 3. The van der Waals surface area contributed by atoms with Gasteiger partial charge in [-0.3, -0.25) is 5.01 Å². The van der Waals surface area contributed by atoms with E-state index in [1.54, 1.807) is 6.07 Å². The molecule has 3 atom stereocenters. The van der Waals surface area contributed by atoms with E-state index in [1.165, 1.54) is 17.1 Å². The number of piperidine rings is 1. The summed E-state index contributed by atoms with van der Waals surface area (Å²) >= 11 is 0. The van der Waals surface area contributed by atoms with E-state index in [2.05, 4.69) is 11.0 Å². The van der Waals surface area contributed by atoms with E-state index in [9.17, 15) is 13.2 Å². The molecule has 7 heteroatoms. The first-order valence-electron chi connectivity index (χ1n) is 9.05. The van der Waals surface area contributed by atoms with Gasteiger partial charge in [-0.25, -0.2) is 13.2 Å². The van der Waals surface area contributed by atoms with E-state index in [4.69, 9.17) is 11.7 Å². The smallest absolute Gasteiger partial charge is 0.270 e. The van der Waals surface area contributed by atoms with Gasteiger partial charge in [0.05, 0.1) is 12.1 Å². The summed E-state index contributed by atoms with van der Waals surface area (Å²) in [5.74, 6) is -1.47. The Bertz CT molecular complexity index is 867. The molecule has 4 rings (SSSR count). The normalized spacial score (nSPS) is 29.1. The molecule has 0 N–H and O–H groups in total. The van der Waals surface area contributed by atoms with Gasteiger partial charge in [-0.05, 0) is 24.6 Å². The number of terminal acetylenes is 1. The third-order valence-corrected chi connectivity index (χ3v) is 5.78. The molecule has 0 amide bonds. The molecule has 2 fully saturated rings. The van der Waals surface area contributed by atoms with Crippen LogP contribution >= 0.6 is 0 Å². The molecule has 3 heterocycles. The number of hydrazone groups is 1. The van der Waals surface area contributed by atoms with Crippen LogP contribution in [0.4, 0.5) is 18.9 Å². The molecule has 3 aliphatic heterocycles. The van der Waals surface area contributed by atoms with Crippen LogP contribution in [0.2, 0.25) is 0 Å². The number of benzene rings is 1. The number of anilines is 1. The van der Waals surface area contributed by atoms with Crippen molar-refractivity contribution in [2.75, 3.05) is 24.5 Å². The van der Waals surface area contributed by atoms with Gasteiger partial charge >= 0.3 is 0 Å². The molecule has 4 nitrogen and oxygen atoms in total. The van der Waals surface area contributed by atoms with E-state index in [1.807, 2.05) is 11.0 Å². The van der Waals surface area contributed by atoms with Gasteiger partial charge in [0.25, 0.3) is 5.92 Å². The van der Waals surface area contributed by atoms with E-state index in [0.29, 0.717) is 38.2 Å². The Morgan fingerprint density at radius 3 is 2.85 bits per heavy atom. The second-order valence-corrected chi connectivity index (χ2v) is 7.40. The molecule has 0 aromatic heterocycles. The minimum absolute atomic E-state index is 0.0447. The van der Waals surface area contributed by atoms with Gasteiger partial charge < -0.3 is 4.90 Å². The van der Waals surface area contributed by atoms with Crippen molar-refractivity contribution in [1.82, 2.24) is 5.01 Å². The summed E-state index contributed by atoms with van der Waals surface area (Å²) in [5, 5.41) is 15.0. The Kier molecular flexibility index (Phi) is 4.26. The summed E-state index contributed by atoms with van der Waals surface area (Å²) < 4.78 is 43.4. The monoisotopic (exact) mass is 372 g/mol. The van der Waals surface area contributed by atoms with Crippen molar-refractivity contribution in [3.8, 4) is 18.4 Å². The standard InChI is InChI=1S/C20H19F3N4/c1-2-13-5-7-20(22,23)19-16-12-26(8-6-18(16)25-27(19)11-13)15-3-4-17(21)14(9-15)10-24/h1,3-4,9,13,16,19H,5-8,11-12H2. The van der Waals surface area contributed by atoms with E-state index >= 15 is 0 Å². The lowest BCUT2D eigenvalue weighted by Gasteiger charge is -2.38. The lowest BCUT2D eigenvalue weighted by atomic mass is 9.85. The van der Waals surface area contributed by atoms with Crippen LogP contribution in [0.5, 0.6) is 0 Å². The Hall–Kier alpha value is -2.67. The molecule has 1 aromatic rings. The third-order valence-electron chi connectivity index (χ3n) is 5.78. The molecular formula is C20H19F3N4. The molecular weight excluding hydrogens is 353 g/mol. The maximum Gasteiger partial charge on any atom is 0.270 e. The van der Waals surface area contributed by atoms with Gasteiger partial charge in [0.15, 0.2) is 0 Å². The highest BCUT2D eigenvalue weighted by molar-refractivity contribution is 5.91. The molecule has 0 spiro atoms. The Morgan fingerprint density at radius 1 is 1.30 bits per heavy atom. The molecule has 27 heavy (non-hydrogen) atoms. The minimum atomic E-state index is -2.87. The summed E-state index contributed by atoms with van der Waals surface area (Å²) in [4.78, 5) is 1.94. The van der Waals surface area contributed by atoms with E-state index in [0.717, 1.165) is 5.71 Å². The van der Waals surface area contributed by atoms with Crippen LogP contribution in [0.15, 0.2) is 23.3 Å². The third kappa shape index (κ3) is 3.02. The SMILES string of the molecule is C#CC1CCC(F)(F)C2C3CN(c4ccc(F)c(C#N)c4)CCC3=NN2C1. The average molecular weight is 372 g/mol. The van der Waals surface area contributed by atoms with Crippen LogP contribution in [0.25, 0.3) is 0 Å². The average Bonchev–Trinajstić information content (AvgIpc) is 2.97. The number of hydrogen-bond donors (Lipinski definition) is 0.